The molecular formula is C11H22N2OS. The number of amides is 1. The van der Waals surface area contributed by atoms with Crippen LogP contribution in [0.3, 0.4) is 0 Å². The topological polar surface area (TPSA) is 41.1 Å². The third kappa shape index (κ3) is 3.68. The molecule has 0 bridgehead atoms. The lowest BCUT2D eigenvalue weighted by Gasteiger charge is -2.33. The fourth-order valence-electron chi connectivity index (χ4n) is 1.76. The lowest BCUT2D eigenvalue weighted by Crippen LogP contribution is -2.57. The molecule has 15 heavy (non-hydrogen) atoms. The maximum Gasteiger partial charge on any atom is 0.240 e. The summed E-state index contributed by atoms with van der Waals surface area (Å²) in [5.41, 5.74) is -0.337. The summed E-state index contributed by atoms with van der Waals surface area (Å²) in [5.74, 6) is 0.156. The molecule has 1 saturated heterocycles. The number of hydrogen-bond acceptors (Lipinski definition) is 3. The van der Waals surface area contributed by atoms with Crippen molar-refractivity contribution < 1.29 is 4.79 Å². The number of thioether (sulfide) groups is 1. The Kier molecular flexibility index (Phi) is 4.93. The average molecular weight is 230 g/mol. The highest BCUT2D eigenvalue weighted by molar-refractivity contribution is 7.99. The molecule has 0 saturated carbocycles. The van der Waals surface area contributed by atoms with Gasteiger partial charge in [0.2, 0.25) is 5.91 Å². The molecule has 0 aromatic rings. The summed E-state index contributed by atoms with van der Waals surface area (Å²) in [6, 6.07) is 0. The Morgan fingerprint density at radius 1 is 1.60 bits per heavy atom. The SMILES string of the molecule is CSC(C)CNC(=O)C1(C)CCCCN1. The zero-order chi connectivity index (χ0) is 11.3. The van der Waals surface area contributed by atoms with Gasteiger partial charge in [0.05, 0.1) is 5.54 Å². The first-order valence-corrected chi connectivity index (χ1v) is 6.93. The first kappa shape index (κ1) is 12.8. The Labute approximate surface area is 96.8 Å². The van der Waals surface area contributed by atoms with Gasteiger partial charge in [-0.2, -0.15) is 11.8 Å². The number of rotatable bonds is 4. The van der Waals surface area contributed by atoms with Crippen molar-refractivity contribution >= 4 is 17.7 Å². The fourth-order valence-corrected chi connectivity index (χ4v) is 2.01. The molecule has 3 nitrogen and oxygen atoms in total. The number of nitrogens with one attached hydrogen (secondary N) is 2. The first-order chi connectivity index (χ1) is 7.08. The van der Waals surface area contributed by atoms with Gasteiger partial charge in [-0.05, 0) is 39.0 Å². The Hall–Kier alpha value is -0.220. The van der Waals surface area contributed by atoms with Crippen LogP contribution >= 0.6 is 11.8 Å². The van der Waals surface area contributed by atoms with Gasteiger partial charge < -0.3 is 10.6 Å². The normalized spacial score (nSPS) is 28.5. The molecule has 2 unspecified atom stereocenters. The predicted molar refractivity (Wildman–Crippen MR) is 66.2 cm³/mol. The van der Waals surface area contributed by atoms with Crippen molar-refractivity contribution in [2.75, 3.05) is 19.3 Å². The molecule has 0 aromatic carbocycles. The smallest absolute Gasteiger partial charge is 0.240 e. The van der Waals surface area contributed by atoms with E-state index in [0.29, 0.717) is 5.25 Å². The molecule has 1 fully saturated rings. The van der Waals surface area contributed by atoms with E-state index in [4.69, 9.17) is 0 Å². The van der Waals surface area contributed by atoms with Gasteiger partial charge in [0, 0.05) is 11.8 Å². The van der Waals surface area contributed by atoms with Crippen LogP contribution in [0.25, 0.3) is 0 Å². The van der Waals surface area contributed by atoms with Gasteiger partial charge in [0.1, 0.15) is 0 Å². The highest BCUT2D eigenvalue weighted by Gasteiger charge is 2.33. The summed E-state index contributed by atoms with van der Waals surface area (Å²) in [6.45, 7) is 5.85. The molecule has 4 heteroatoms. The molecule has 0 aliphatic carbocycles. The van der Waals surface area contributed by atoms with Crippen molar-refractivity contribution in [3.8, 4) is 0 Å². The maximum absolute atomic E-state index is 12.0. The molecule has 88 valence electrons. The zero-order valence-corrected chi connectivity index (χ0v) is 10.7. The minimum absolute atomic E-state index is 0.156. The Morgan fingerprint density at radius 2 is 2.33 bits per heavy atom. The van der Waals surface area contributed by atoms with E-state index in [1.165, 1.54) is 6.42 Å². The summed E-state index contributed by atoms with van der Waals surface area (Å²) in [4.78, 5) is 12.0. The Bertz CT molecular complexity index is 215. The van der Waals surface area contributed by atoms with E-state index in [2.05, 4.69) is 23.8 Å². The van der Waals surface area contributed by atoms with Crippen molar-refractivity contribution in [3.05, 3.63) is 0 Å². The standard InChI is InChI=1S/C11H22N2OS/c1-9(15-3)8-12-10(14)11(2)6-4-5-7-13-11/h9,13H,4-8H2,1-3H3,(H,12,14). The van der Waals surface area contributed by atoms with E-state index in [1.807, 2.05) is 6.92 Å². The molecule has 1 aliphatic rings. The molecule has 1 amide bonds. The summed E-state index contributed by atoms with van der Waals surface area (Å²) in [7, 11) is 0. The van der Waals surface area contributed by atoms with E-state index in [1.54, 1.807) is 11.8 Å². The summed E-state index contributed by atoms with van der Waals surface area (Å²) < 4.78 is 0. The van der Waals surface area contributed by atoms with Crippen LogP contribution in [0.1, 0.15) is 33.1 Å². The van der Waals surface area contributed by atoms with Crippen molar-refractivity contribution in [2.24, 2.45) is 0 Å². The van der Waals surface area contributed by atoms with Gasteiger partial charge in [-0.25, -0.2) is 0 Å². The predicted octanol–water partition coefficient (Wildman–Crippen LogP) is 1.39. The largest absolute Gasteiger partial charge is 0.353 e. The van der Waals surface area contributed by atoms with Crippen LogP contribution in [0.5, 0.6) is 0 Å². The number of carbonyl (C=O) groups excluding carboxylic acids is 1. The van der Waals surface area contributed by atoms with Crippen LogP contribution in [0.4, 0.5) is 0 Å². The summed E-state index contributed by atoms with van der Waals surface area (Å²) in [5, 5.41) is 6.83. The molecule has 1 aliphatic heterocycles. The zero-order valence-electron chi connectivity index (χ0n) is 9.93. The molecule has 2 atom stereocenters. The minimum Gasteiger partial charge on any atom is -0.353 e. The van der Waals surface area contributed by atoms with E-state index >= 15 is 0 Å². The van der Waals surface area contributed by atoms with Gasteiger partial charge in [-0.3, -0.25) is 4.79 Å². The quantitative estimate of drug-likeness (QED) is 0.767. The molecule has 0 aromatic heterocycles. The third-order valence-corrected chi connectivity index (χ3v) is 4.04. The summed E-state index contributed by atoms with van der Waals surface area (Å²) >= 11 is 1.78. The van der Waals surface area contributed by atoms with E-state index in [9.17, 15) is 4.79 Å². The van der Waals surface area contributed by atoms with Crippen LogP contribution in [0.15, 0.2) is 0 Å². The second kappa shape index (κ2) is 5.75. The lowest BCUT2D eigenvalue weighted by atomic mass is 9.90. The maximum atomic E-state index is 12.0. The second-order valence-electron chi connectivity index (χ2n) is 4.47. The van der Waals surface area contributed by atoms with Crippen LogP contribution in [0.2, 0.25) is 0 Å². The molecule has 0 radical (unpaired) electrons. The summed E-state index contributed by atoms with van der Waals surface area (Å²) in [6.07, 6.45) is 5.35. The van der Waals surface area contributed by atoms with Gasteiger partial charge >= 0.3 is 0 Å². The van der Waals surface area contributed by atoms with Gasteiger partial charge in [0.15, 0.2) is 0 Å². The molecule has 1 heterocycles. The van der Waals surface area contributed by atoms with Crippen molar-refractivity contribution in [2.45, 2.75) is 43.9 Å². The Morgan fingerprint density at radius 3 is 2.87 bits per heavy atom. The molecule has 2 N–H and O–H groups in total. The molecule has 1 rings (SSSR count). The molecule has 0 spiro atoms. The van der Waals surface area contributed by atoms with Crippen molar-refractivity contribution in [1.82, 2.24) is 10.6 Å². The van der Waals surface area contributed by atoms with Crippen LogP contribution in [-0.4, -0.2) is 36.0 Å². The third-order valence-electron chi connectivity index (χ3n) is 3.07. The van der Waals surface area contributed by atoms with Crippen molar-refractivity contribution in [3.63, 3.8) is 0 Å². The fraction of sp³-hybridized carbons (Fsp3) is 0.909. The van der Waals surface area contributed by atoms with E-state index < -0.39 is 0 Å². The second-order valence-corrected chi connectivity index (χ2v) is 5.75. The monoisotopic (exact) mass is 230 g/mol. The minimum atomic E-state index is -0.337. The van der Waals surface area contributed by atoms with Crippen molar-refractivity contribution in [1.29, 1.82) is 0 Å². The van der Waals surface area contributed by atoms with Gasteiger partial charge in [-0.15, -0.1) is 0 Å². The van der Waals surface area contributed by atoms with E-state index in [0.717, 1.165) is 25.9 Å². The van der Waals surface area contributed by atoms with Crippen LogP contribution in [0, 0.1) is 0 Å². The first-order valence-electron chi connectivity index (χ1n) is 5.64. The molecular weight excluding hydrogens is 208 g/mol. The van der Waals surface area contributed by atoms with Crippen LogP contribution in [-0.2, 0) is 4.79 Å². The highest BCUT2D eigenvalue weighted by atomic mass is 32.2. The highest BCUT2D eigenvalue weighted by Crippen LogP contribution is 2.18. The van der Waals surface area contributed by atoms with E-state index in [-0.39, 0.29) is 11.4 Å². The number of carbonyl (C=O) groups is 1. The lowest BCUT2D eigenvalue weighted by molar-refractivity contribution is -0.127. The van der Waals surface area contributed by atoms with Crippen LogP contribution < -0.4 is 10.6 Å². The number of piperidine rings is 1. The number of hydrogen-bond donors (Lipinski definition) is 2. The Balaban J connectivity index is 2.37. The van der Waals surface area contributed by atoms with Gasteiger partial charge in [-0.1, -0.05) is 6.92 Å². The average Bonchev–Trinajstić information content (AvgIpc) is 2.26. The van der Waals surface area contributed by atoms with Gasteiger partial charge in [0.25, 0.3) is 0 Å².